The molecular formula is C15H18N2. The molecule has 0 amide bonds. The Labute approximate surface area is 103 Å². The first-order chi connectivity index (χ1) is 8.31. The standard InChI is InChI=1S/C15H18N2/c1-3-16-12(2)13-7-9-14(10-8-13)15-6-4-5-11-17-15/h4-12,16H,3H2,1-2H3. The number of benzene rings is 1. The van der Waals surface area contributed by atoms with Crippen LogP contribution in [0.4, 0.5) is 0 Å². The summed E-state index contributed by atoms with van der Waals surface area (Å²) >= 11 is 0. The van der Waals surface area contributed by atoms with Gasteiger partial charge in [0.1, 0.15) is 0 Å². The fraction of sp³-hybridized carbons (Fsp3) is 0.267. The minimum Gasteiger partial charge on any atom is -0.310 e. The van der Waals surface area contributed by atoms with Crippen LogP contribution in [0.25, 0.3) is 11.3 Å². The normalized spacial score (nSPS) is 12.4. The van der Waals surface area contributed by atoms with Crippen molar-refractivity contribution in [1.82, 2.24) is 10.3 Å². The summed E-state index contributed by atoms with van der Waals surface area (Å²) in [7, 11) is 0. The Morgan fingerprint density at radius 2 is 1.88 bits per heavy atom. The Hall–Kier alpha value is -1.67. The van der Waals surface area contributed by atoms with Gasteiger partial charge in [0, 0.05) is 17.8 Å². The molecule has 0 aliphatic rings. The van der Waals surface area contributed by atoms with Gasteiger partial charge in [-0.2, -0.15) is 0 Å². The van der Waals surface area contributed by atoms with Crippen molar-refractivity contribution in [3.63, 3.8) is 0 Å². The van der Waals surface area contributed by atoms with Crippen LogP contribution in [-0.4, -0.2) is 11.5 Å². The molecule has 2 nitrogen and oxygen atoms in total. The molecule has 88 valence electrons. The molecule has 2 rings (SSSR count). The summed E-state index contributed by atoms with van der Waals surface area (Å²) in [4.78, 5) is 4.34. The minimum atomic E-state index is 0.401. The highest BCUT2D eigenvalue weighted by atomic mass is 14.9. The van der Waals surface area contributed by atoms with Gasteiger partial charge in [-0.1, -0.05) is 37.3 Å². The molecule has 0 aliphatic carbocycles. The number of pyridine rings is 1. The van der Waals surface area contributed by atoms with E-state index in [0.29, 0.717) is 6.04 Å². The molecule has 0 bridgehead atoms. The van der Waals surface area contributed by atoms with Crippen molar-refractivity contribution in [2.45, 2.75) is 19.9 Å². The number of nitrogens with one attached hydrogen (secondary N) is 1. The third kappa shape index (κ3) is 2.92. The Balaban J connectivity index is 2.19. The van der Waals surface area contributed by atoms with Crippen molar-refractivity contribution < 1.29 is 0 Å². The lowest BCUT2D eigenvalue weighted by molar-refractivity contribution is 0.598. The van der Waals surface area contributed by atoms with Crippen LogP contribution in [0.15, 0.2) is 48.7 Å². The first kappa shape index (κ1) is 11.8. The Bertz CT molecular complexity index is 448. The molecule has 0 aliphatic heterocycles. The van der Waals surface area contributed by atoms with E-state index in [-0.39, 0.29) is 0 Å². The minimum absolute atomic E-state index is 0.401. The van der Waals surface area contributed by atoms with Crippen LogP contribution >= 0.6 is 0 Å². The van der Waals surface area contributed by atoms with E-state index >= 15 is 0 Å². The van der Waals surface area contributed by atoms with Crippen molar-refractivity contribution in [3.8, 4) is 11.3 Å². The van der Waals surface area contributed by atoms with Crippen LogP contribution < -0.4 is 5.32 Å². The summed E-state index contributed by atoms with van der Waals surface area (Å²) in [5.74, 6) is 0. The molecule has 1 unspecified atom stereocenters. The molecule has 17 heavy (non-hydrogen) atoms. The van der Waals surface area contributed by atoms with E-state index < -0.39 is 0 Å². The van der Waals surface area contributed by atoms with Crippen molar-refractivity contribution in [3.05, 3.63) is 54.2 Å². The van der Waals surface area contributed by atoms with E-state index in [9.17, 15) is 0 Å². The zero-order valence-corrected chi connectivity index (χ0v) is 10.4. The maximum absolute atomic E-state index is 4.34. The SMILES string of the molecule is CCNC(C)c1ccc(-c2ccccn2)cc1. The Morgan fingerprint density at radius 3 is 2.47 bits per heavy atom. The molecule has 0 saturated heterocycles. The summed E-state index contributed by atoms with van der Waals surface area (Å²) < 4.78 is 0. The first-order valence-electron chi connectivity index (χ1n) is 6.06. The van der Waals surface area contributed by atoms with Crippen molar-refractivity contribution in [2.75, 3.05) is 6.54 Å². The monoisotopic (exact) mass is 226 g/mol. The maximum atomic E-state index is 4.34. The summed E-state index contributed by atoms with van der Waals surface area (Å²) in [5.41, 5.74) is 3.50. The molecule has 2 aromatic rings. The molecule has 1 N–H and O–H groups in total. The highest BCUT2D eigenvalue weighted by Gasteiger charge is 2.04. The van der Waals surface area contributed by atoms with Gasteiger partial charge >= 0.3 is 0 Å². The fourth-order valence-electron chi connectivity index (χ4n) is 1.90. The lowest BCUT2D eigenvalue weighted by Gasteiger charge is -2.13. The van der Waals surface area contributed by atoms with E-state index in [0.717, 1.165) is 17.8 Å². The molecule has 0 saturated carbocycles. The van der Waals surface area contributed by atoms with Crippen LogP contribution in [0.5, 0.6) is 0 Å². The zero-order valence-electron chi connectivity index (χ0n) is 10.4. The lowest BCUT2D eigenvalue weighted by atomic mass is 10.0. The maximum Gasteiger partial charge on any atom is 0.0701 e. The molecule has 1 aromatic heterocycles. The second kappa shape index (κ2) is 5.60. The van der Waals surface area contributed by atoms with Gasteiger partial charge in [-0.05, 0) is 31.2 Å². The number of nitrogens with zero attached hydrogens (tertiary/aromatic N) is 1. The number of rotatable bonds is 4. The summed E-state index contributed by atoms with van der Waals surface area (Å²) in [6.45, 7) is 5.29. The van der Waals surface area contributed by atoms with Crippen LogP contribution in [0.1, 0.15) is 25.5 Å². The zero-order chi connectivity index (χ0) is 12.1. The average molecular weight is 226 g/mol. The van der Waals surface area contributed by atoms with Crippen LogP contribution in [-0.2, 0) is 0 Å². The van der Waals surface area contributed by atoms with Gasteiger partial charge in [-0.25, -0.2) is 0 Å². The highest BCUT2D eigenvalue weighted by molar-refractivity contribution is 5.59. The average Bonchev–Trinajstić information content (AvgIpc) is 2.40. The van der Waals surface area contributed by atoms with Gasteiger partial charge in [0.05, 0.1) is 5.69 Å². The molecule has 0 radical (unpaired) electrons. The summed E-state index contributed by atoms with van der Waals surface area (Å²) in [5, 5.41) is 3.41. The predicted octanol–water partition coefficient (Wildman–Crippen LogP) is 3.42. The Kier molecular flexibility index (Phi) is 3.89. The number of aromatic nitrogens is 1. The molecule has 2 heteroatoms. The molecule has 1 aromatic carbocycles. The lowest BCUT2D eigenvalue weighted by Crippen LogP contribution is -2.17. The molecule has 0 fully saturated rings. The Morgan fingerprint density at radius 1 is 1.12 bits per heavy atom. The van der Waals surface area contributed by atoms with E-state index in [2.05, 4.69) is 48.4 Å². The van der Waals surface area contributed by atoms with E-state index in [1.165, 1.54) is 5.56 Å². The van der Waals surface area contributed by atoms with Gasteiger partial charge in [-0.15, -0.1) is 0 Å². The molecule has 1 heterocycles. The van der Waals surface area contributed by atoms with E-state index in [1.54, 1.807) is 0 Å². The predicted molar refractivity (Wildman–Crippen MR) is 71.8 cm³/mol. The third-order valence-electron chi connectivity index (χ3n) is 2.88. The van der Waals surface area contributed by atoms with Gasteiger partial charge in [0.25, 0.3) is 0 Å². The smallest absolute Gasteiger partial charge is 0.0701 e. The van der Waals surface area contributed by atoms with E-state index in [1.807, 2.05) is 24.4 Å². The quantitative estimate of drug-likeness (QED) is 0.864. The van der Waals surface area contributed by atoms with Crippen molar-refractivity contribution >= 4 is 0 Å². The van der Waals surface area contributed by atoms with Crippen LogP contribution in [0.3, 0.4) is 0 Å². The van der Waals surface area contributed by atoms with Gasteiger partial charge in [-0.3, -0.25) is 4.98 Å². The second-order valence-corrected chi connectivity index (χ2v) is 4.12. The summed E-state index contributed by atoms with van der Waals surface area (Å²) in [6, 6.07) is 15.0. The molecular weight excluding hydrogens is 208 g/mol. The first-order valence-corrected chi connectivity index (χ1v) is 6.06. The third-order valence-corrected chi connectivity index (χ3v) is 2.88. The highest BCUT2D eigenvalue weighted by Crippen LogP contribution is 2.19. The van der Waals surface area contributed by atoms with Gasteiger partial charge in [0.2, 0.25) is 0 Å². The van der Waals surface area contributed by atoms with Crippen molar-refractivity contribution in [1.29, 1.82) is 0 Å². The largest absolute Gasteiger partial charge is 0.310 e. The van der Waals surface area contributed by atoms with Gasteiger partial charge < -0.3 is 5.32 Å². The summed E-state index contributed by atoms with van der Waals surface area (Å²) in [6.07, 6.45) is 1.82. The van der Waals surface area contributed by atoms with E-state index in [4.69, 9.17) is 0 Å². The van der Waals surface area contributed by atoms with Gasteiger partial charge in [0.15, 0.2) is 0 Å². The molecule has 1 atom stereocenters. The topological polar surface area (TPSA) is 24.9 Å². The van der Waals surface area contributed by atoms with Crippen LogP contribution in [0.2, 0.25) is 0 Å². The second-order valence-electron chi connectivity index (χ2n) is 4.12. The number of hydrogen-bond acceptors (Lipinski definition) is 2. The van der Waals surface area contributed by atoms with Crippen LogP contribution in [0, 0.1) is 0 Å². The number of hydrogen-bond donors (Lipinski definition) is 1. The van der Waals surface area contributed by atoms with Crippen molar-refractivity contribution in [2.24, 2.45) is 0 Å². The fourth-order valence-corrected chi connectivity index (χ4v) is 1.90. The molecule has 0 spiro atoms.